The van der Waals surface area contributed by atoms with Crippen molar-refractivity contribution in [1.82, 2.24) is 0 Å². The Morgan fingerprint density at radius 3 is 2.25 bits per heavy atom. The van der Waals surface area contributed by atoms with E-state index in [1.54, 1.807) is 14.2 Å². The van der Waals surface area contributed by atoms with Crippen LogP contribution in [0.5, 0.6) is 0 Å². The summed E-state index contributed by atoms with van der Waals surface area (Å²) in [5, 5.41) is 9.46. The first-order valence-electron chi connectivity index (χ1n) is 4.06. The number of aliphatic hydroxyl groups is 1. The number of hydrogen-bond acceptors (Lipinski definition) is 4. The Balaban J connectivity index is 2.61. The van der Waals surface area contributed by atoms with Gasteiger partial charge in [0.05, 0.1) is 12.7 Å². The highest BCUT2D eigenvalue weighted by molar-refractivity contribution is 4.86. The molecule has 1 rings (SSSR count). The van der Waals surface area contributed by atoms with Crippen LogP contribution in [-0.4, -0.2) is 50.3 Å². The maximum atomic E-state index is 9.46. The Hall–Kier alpha value is -0.160. The zero-order valence-electron chi connectivity index (χ0n) is 7.69. The van der Waals surface area contributed by atoms with Crippen LogP contribution in [0.4, 0.5) is 0 Å². The summed E-state index contributed by atoms with van der Waals surface area (Å²) in [5.41, 5.74) is 0. The fourth-order valence-electron chi connectivity index (χ4n) is 1.54. The zero-order chi connectivity index (χ0) is 9.14. The molecule has 1 aliphatic rings. The van der Waals surface area contributed by atoms with E-state index in [9.17, 15) is 5.11 Å². The summed E-state index contributed by atoms with van der Waals surface area (Å²) in [7, 11) is 3.16. The van der Waals surface area contributed by atoms with Crippen LogP contribution < -0.4 is 0 Å². The lowest BCUT2D eigenvalue weighted by molar-refractivity contribution is -0.199. The van der Waals surface area contributed by atoms with E-state index in [0.717, 1.165) is 0 Å². The fourth-order valence-corrected chi connectivity index (χ4v) is 1.54. The molecule has 72 valence electrons. The highest BCUT2D eigenvalue weighted by Gasteiger charge is 2.37. The van der Waals surface area contributed by atoms with Crippen molar-refractivity contribution < 1.29 is 19.3 Å². The summed E-state index contributed by atoms with van der Waals surface area (Å²) in [6.07, 6.45) is -1.07. The third kappa shape index (κ3) is 1.77. The largest absolute Gasteiger partial charge is 0.388 e. The Labute approximate surface area is 72.4 Å². The van der Waals surface area contributed by atoms with Gasteiger partial charge in [0, 0.05) is 14.2 Å². The predicted octanol–water partition coefficient (Wildman–Crippen LogP) is -0.204. The van der Waals surface area contributed by atoms with Gasteiger partial charge in [0.1, 0.15) is 18.3 Å². The van der Waals surface area contributed by atoms with Crippen molar-refractivity contribution in [3.05, 3.63) is 0 Å². The molecule has 12 heavy (non-hydrogen) atoms. The van der Waals surface area contributed by atoms with Crippen molar-refractivity contribution in [2.24, 2.45) is 0 Å². The summed E-state index contributed by atoms with van der Waals surface area (Å²) in [4.78, 5) is 0. The van der Waals surface area contributed by atoms with Crippen LogP contribution in [0, 0.1) is 0 Å². The van der Waals surface area contributed by atoms with E-state index in [0.29, 0.717) is 6.61 Å². The molecule has 0 spiro atoms. The highest BCUT2D eigenvalue weighted by Crippen LogP contribution is 2.19. The van der Waals surface area contributed by atoms with E-state index in [-0.39, 0.29) is 18.3 Å². The molecule has 0 bridgehead atoms. The van der Waals surface area contributed by atoms with E-state index in [1.807, 2.05) is 6.92 Å². The minimum Gasteiger partial charge on any atom is -0.388 e. The standard InChI is InChI=1S/C8H16O4/c1-5-7(10-2)8(11-3)6(9)4-12-5/h5-9H,4H2,1-3H3. The topological polar surface area (TPSA) is 47.9 Å². The third-order valence-electron chi connectivity index (χ3n) is 2.24. The first kappa shape index (κ1) is 9.92. The normalized spacial score (nSPS) is 43.0. The Morgan fingerprint density at radius 1 is 1.25 bits per heavy atom. The number of ether oxygens (including phenoxy) is 3. The molecule has 4 unspecified atom stereocenters. The molecule has 1 saturated heterocycles. The maximum absolute atomic E-state index is 9.46. The molecule has 1 heterocycles. The first-order chi connectivity index (χ1) is 5.70. The second kappa shape index (κ2) is 4.18. The molecule has 1 N–H and O–H groups in total. The maximum Gasteiger partial charge on any atom is 0.114 e. The molecule has 1 aliphatic heterocycles. The van der Waals surface area contributed by atoms with Crippen LogP contribution in [0.2, 0.25) is 0 Å². The average Bonchev–Trinajstić information content (AvgIpc) is 2.08. The summed E-state index contributed by atoms with van der Waals surface area (Å²) in [5.74, 6) is 0. The smallest absolute Gasteiger partial charge is 0.114 e. The molecule has 4 heteroatoms. The Morgan fingerprint density at radius 2 is 1.83 bits per heavy atom. The van der Waals surface area contributed by atoms with E-state index in [2.05, 4.69) is 0 Å². The molecule has 0 radical (unpaired) electrons. The number of hydrogen-bond donors (Lipinski definition) is 1. The van der Waals surface area contributed by atoms with Gasteiger partial charge in [-0.3, -0.25) is 0 Å². The molecule has 0 saturated carbocycles. The Bertz CT molecular complexity index is 123. The van der Waals surface area contributed by atoms with Gasteiger partial charge in [0.15, 0.2) is 0 Å². The van der Waals surface area contributed by atoms with Crippen molar-refractivity contribution in [1.29, 1.82) is 0 Å². The van der Waals surface area contributed by atoms with Gasteiger partial charge < -0.3 is 19.3 Å². The first-order valence-corrected chi connectivity index (χ1v) is 4.06. The minimum atomic E-state index is -0.587. The SMILES string of the molecule is COC1C(O)COC(C)C1OC. The molecule has 4 atom stereocenters. The molecular weight excluding hydrogens is 160 g/mol. The van der Waals surface area contributed by atoms with Crippen LogP contribution in [0.25, 0.3) is 0 Å². The zero-order valence-corrected chi connectivity index (χ0v) is 7.69. The van der Waals surface area contributed by atoms with Crippen molar-refractivity contribution in [2.45, 2.75) is 31.3 Å². The van der Waals surface area contributed by atoms with Gasteiger partial charge >= 0.3 is 0 Å². The molecule has 4 nitrogen and oxygen atoms in total. The Kier molecular flexibility index (Phi) is 3.46. The van der Waals surface area contributed by atoms with Crippen LogP contribution in [0.1, 0.15) is 6.92 Å². The minimum absolute atomic E-state index is 0.0247. The van der Waals surface area contributed by atoms with Gasteiger partial charge in [-0.25, -0.2) is 0 Å². The monoisotopic (exact) mass is 176 g/mol. The summed E-state index contributed by atoms with van der Waals surface area (Å²) < 4.78 is 15.6. The van der Waals surface area contributed by atoms with Gasteiger partial charge in [0.25, 0.3) is 0 Å². The van der Waals surface area contributed by atoms with E-state index in [4.69, 9.17) is 14.2 Å². The van der Waals surface area contributed by atoms with Crippen LogP contribution in [0.15, 0.2) is 0 Å². The molecule has 0 aromatic carbocycles. The molecular formula is C8H16O4. The molecule has 0 amide bonds. The summed E-state index contributed by atoms with van der Waals surface area (Å²) in [6, 6.07) is 0. The average molecular weight is 176 g/mol. The number of methoxy groups -OCH3 is 2. The molecule has 0 aliphatic carbocycles. The number of rotatable bonds is 2. The highest BCUT2D eigenvalue weighted by atomic mass is 16.6. The summed E-state index contributed by atoms with van der Waals surface area (Å²) in [6.45, 7) is 2.23. The summed E-state index contributed by atoms with van der Waals surface area (Å²) >= 11 is 0. The van der Waals surface area contributed by atoms with Gasteiger partial charge in [-0.1, -0.05) is 0 Å². The van der Waals surface area contributed by atoms with Crippen LogP contribution in [0.3, 0.4) is 0 Å². The molecule has 0 aromatic rings. The van der Waals surface area contributed by atoms with Crippen molar-refractivity contribution >= 4 is 0 Å². The van der Waals surface area contributed by atoms with Crippen molar-refractivity contribution in [2.75, 3.05) is 20.8 Å². The molecule has 0 aromatic heterocycles. The van der Waals surface area contributed by atoms with Crippen LogP contribution in [-0.2, 0) is 14.2 Å². The number of aliphatic hydroxyl groups excluding tert-OH is 1. The van der Waals surface area contributed by atoms with Crippen molar-refractivity contribution in [3.8, 4) is 0 Å². The van der Waals surface area contributed by atoms with Gasteiger partial charge in [-0.2, -0.15) is 0 Å². The second-order valence-electron chi connectivity index (χ2n) is 3.01. The van der Waals surface area contributed by atoms with Crippen LogP contribution >= 0.6 is 0 Å². The van der Waals surface area contributed by atoms with Gasteiger partial charge in [-0.05, 0) is 6.92 Å². The van der Waals surface area contributed by atoms with E-state index >= 15 is 0 Å². The lowest BCUT2D eigenvalue weighted by atomic mass is 10.0. The van der Waals surface area contributed by atoms with Gasteiger partial charge in [0.2, 0.25) is 0 Å². The fraction of sp³-hybridized carbons (Fsp3) is 1.00. The third-order valence-corrected chi connectivity index (χ3v) is 2.24. The molecule has 1 fully saturated rings. The predicted molar refractivity (Wildman–Crippen MR) is 43.0 cm³/mol. The van der Waals surface area contributed by atoms with E-state index < -0.39 is 6.10 Å². The van der Waals surface area contributed by atoms with E-state index in [1.165, 1.54) is 0 Å². The van der Waals surface area contributed by atoms with Gasteiger partial charge in [-0.15, -0.1) is 0 Å². The lowest BCUT2D eigenvalue weighted by Gasteiger charge is -2.37. The lowest BCUT2D eigenvalue weighted by Crippen LogP contribution is -2.53. The quantitative estimate of drug-likeness (QED) is 0.632. The second-order valence-corrected chi connectivity index (χ2v) is 3.01. The van der Waals surface area contributed by atoms with Crippen molar-refractivity contribution in [3.63, 3.8) is 0 Å².